The van der Waals surface area contributed by atoms with Crippen molar-refractivity contribution < 1.29 is 0 Å². The summed E-state index contributed by atoms with van der Waals surface area (Å²) in [5.41, 5.74) is 34.4. The predicted molar refractivity (Wildman–Crippen MR) is 359 cm³/mol. The Kier molecular flexibility index (Phi) is 23.0. The number of anilines is 1. The summed E-state index contributed by atoms with van der Waals surface area (Å²) >= 11 is 1.81. The van der Waals surface area contributed by atoms with E-state index in [2.05, 4.69) is 309 Å². The molecule has 0 aliphatic heterocycles. The van der Waals surface area contributed by atoms with Gasteiger partial charge in [-0.3, -0.25) is 0 Å². The lowest BCUT2D eigenvalue weighted by Crippen LogP contribution is -2.53. The minimum atomic E-state index is 0.235. The Balaban J connectivity index is 0.000000193. The van der Waals surface area contributed by atoms with Crippen molar-refractivity contribution in [2.45, 2.75) is 106 Å². The molecule has 0 fully saturated rings. The van der Waals surface area contributed by atoms with E-state index in [9.17, 15) is 0 Å². The summed E-state index contributed by atoms with van der Waals surface area (Å²) < 4.78 is 0. The zero-order valence-electron chi connectivity index (χ0n) is 50.0. The highest BCUT2D eigenvalue weighted by molar-refractivity contribution is 7.99. The van der Waals surface area contributed by atoms with E-state index >= 15 is 0 Å². The lowest BCUT2D eigenvalue weighted by molar-refractivity contribution is 1.13. The molecule has 10 rings (SSSR count). The van der Waals surface area contributed by atoms with Gasteiger partial charge < -0.3 is 5.73 Å². The van der Waals surface area contributed by atoms with Crippen molar-refractivity contribution >= 4 is 63.7 Å². The molecule has 0 heterocycles. The van der Waals surface area contributed by atoms with Gasteiger partial charge in [0.1, 0.15) is 0 Å². The van der Waals surface area contributed by atoms with Gasteiger partial charge in [0.2, 0.25) is 13.4 Å². The van der Waals surface area contributed by atoms with E-state index in [4.69, 9.17) is 5.73 Å². The van der Waals surface area contributed by atoms with Gasteiger partial charge >= 0.3 is 0 Å². The van der Waals surface area contributed by atoms with Crippen molar-refractivity contribution in [2.75, 3.05) is 5.73 Å². The van der Waals surface area contributed by atoms with Crippen LogP contribution >= 0.6 is 11.8 Å². The maximum atomic E-state index is 5.72. The Labute approximate surface area is 487 Å². The Morgan fingerprint density at radius 3 is 1.14 bits per heavy atom. The van der Waals surface area contributed by atoms with Crippen LogP contribution in [0.4, 0.5) is 5.69 Å². The first-order valence-electron chi connectivity index (χ1n) is 28.1. The van der Waals surface area contributed by atoms with Crippen molar-refractivity contribution in [3.8, 4) is 11.1 Å². The molecule has 0 spiro atoms. The molecular weight excluding hydrogens is 981 g/mol. The number of aryl methyl sites for hydroxylation is 12. The molecule has 10 aromatic carbocycles. The third-order valence-electron chi connectivity index (χ3n) is 14.8. The summed E-state index contributed by atoms with van der Waals surface area (Å²) in [5, 5.41) is 0. The van der Waals surface area contributed by atoms with Gasteiger partial charge in [0.25, 0.3) is 0 Å². The highest BCUT2D eigenvalue weighted by Crippen LogP contribution is 2.27. The quantitative estimate of drug-likeness (QED) is 0.0839. The first-order chi connectivity index (χ1) is 38.5. The third-order valence-corrected chi connectivity index (χ3v) is 15.8. The number of hydrogen-bond acceptors (Lipinski definition) is 2. The minimum absolute atomic E-state index is 0.235. The third kappa shape index (κ3) is 17.4. The van der Waals surface area contributed by atoms with E-state index in [1.165, 1.54) is 126 Å². The van der Waals surface area contributed by atoms with E-state index in [1.54, 1.807) is 11.8 Å². The first kappa shape index (κ1) is 61.4. The van der Waals surface area contributed by atoms with Crippen LogP contribution in [0.5, 0.6) is 0 Å². The average Bonchev–Trinajstić information content (AvgIpc) is 3.52. The van der Waals surface area contributed by atoms with Crippen molar-refractivity contribution in [3.63, 3.8) is 0 Å². The second kappa shape index (κ2) is 30.0. The summed E-state index contributed by atoms with van der Waals surface area (Å²) in [7, 11) is 0. The number of nitrogens with two attached hydrogens (primary N) is 1. The second-order valence-electron chi connectivity index (χ2n) is 21.5. The molecular formula is C76H83B2NS. The van der Waals surface area contributed by atoms with Crippen LogP contribution < -0.4 is 38.5 Å². The Morgan fingerprint density at radius 2 is 0.688 bits per heavy atom. The van der Waals surface area contributed by atoms with Gasteiger partial charge in [-0.15, -0.1) is 13.2 Å². The summed E-state index contributed by atoms with van der Waals surface area (Å²) in [6.45, 7) is 34.4. The molecule has 2 N–H and O–H groups in total. The smallest absolute Gasteiger partial charge is 0.241 e. The highest BCUT2D eigenvalue weighted by atomic mass is 32.2. The normalized spacial score (nSPS) is 10.3. The maximum Gasteiger partial charge on any atom is 0.241 e. The molecule has 404 valence electrons. The van der Waals surface area contributed by atoms with Gasteiger partial charge in [0.05, 0.1) is 0 Å². The van der Waals surface area contributed by atoms with Crippen molar-refractivity contribution in [3.05, 3.63) is 304 Å². The molecule has 80 heavy (non-hydrogen) atoms. The monoisotopic (exact) mass is 1060 g/mol. The zero-order valence-corrected chi connectivity index (χ0v) is 50.9. The van der Waals surface area contributed by atoms with Gasteiger partial charge in [-0.25, -0.2) is 0 Å². The molecule has 0 radical (unpaired) electrons. The van der Waals surface area contributed by atoms with Crippen LogP contribution in [-0.4, -0.2) is 13.4 Å². The van der Waals surface area contributed by atoms with Crippen LogP contribution in [0.15, 0.2) is 241 Å². The molecule has 0 aromatic heterocycles. The number of hydrogen-bond donors (Lipinski definition) is 1. The first-order valence-corrected chi connectivity index (χ1v) is 28.9. The van der Waals surface area contributed by atoms with Gasteiger partial charge in [0, 0.05) is 15.5 Å². The van der Waals surface area contributed by atoms with E-state index in [0.29, 0.717) is 0 Å². The Bertz CT molecular complexity index is 3480. The molecule has 4 heteroatoms. The molecule has 0 aliphatic carbocycles. The average molecular weight is 1060 g/mol. The molecule has 0 aliphatic rings. The molecule has 10 aromatic rings. The maximum absolute atomic E-state index is 5.72. The Morgan fingerprint density at radius 1 is 0.338 bits per heavy atom. The summed E-state index contributed by atoms with van der Waals surface area (Å²) in [6, 6.07) is 79.8. The van der Waals surface area contributed by atoms with E-state index in [0.717, 1.165) is 12.1 Å². The molecule has 0 atom stereocenters. The molecule has 0 unspecified atom stereocenters. The molecule has 0 saturated heterocycles. The summed E-state index contributed by atoms with van der Waals surface area (Å²) in [6.07, 6.45) is 1.07. The summed E-state index contributed by atoms with van der Waals surface area (Å²) in [4.78, 5) is 2.54. The standard InChI is InChI=1S/C30H31B.C27H25BS.C9H13N.C8H10.C2H4/c1-6-25-10-18-30(24(5)20-25)31(29-17-9-22(3)19-23(29)4)28-15-13-27(14-16-28)26-11-7-21(2)8-12-26;1-20-9-12-23(13-10-20)28(27-18-11-21(2)19-22(27)3)24-14-16-26(17-15-24)29-25-7-5-4-6-8-25;1-6-4-7(2)8(3)9(10)5-6;1-7-3-5-8(2)6-4-7;1-2/h7-20H,6H2,1-5H3;4-19H,1-3H3;4-5H,10H2,1-3H3;3-6H,1-2H3;1-2H2. The minimum Gasteiger partial charge on any atom is -0.398 e. The van der Waals surface area contributed by atoms with Gasteiger partial charge in [-0.1, -0.05) is 290 Å². The van der Waals surface area contributed by atoms with Crippen molar-refractivity contribution in [2.24, 2.45) is 0 Å². The van der Waals surface area contributed by atoms with Gasteiger partial charge in [-0.05, 0) is 153 Å². The fourth-order valence-corrected chi connectivity index (χ4v) is 10.9. The van der Waals surface area contributed by atoms with Crippen LogP contribution in [0.25, 0.3) is 11.1 Å². The molecule has 0 saturated carbocycles. The molecule has 0 bridgehead atoms. The largest absolute Gasteiger partial charge is 0.398 e. The van der Waals surface area contributed by atoms with Gasteiger partial charge in [-0.2, -0.15) is 0 Å². The zero-order chi connectivity index (χ0) is 57.9. The number of benzene rings is 10. The molecule has 0 amide bonds. The van der Waals surface area contributed by atoms with Crippen LogP contribution in [-0.2, 0) is 6.42 Å². The predicted octanol–water partition coefficient (Wildman–Crippen LogP) is 16.2. The number of rotatable bonds is 10. The van der Waals surface area contributed by atoms with Crippen molar-refractivity contribution in [1.82, 2.24) is 0 Å². The van der Waals surface area contributed by atoms with E-state index in [1.807, 2.05) is 13.0 Å². The van der Waals surface area contributed by atoms with E-state index < -0.39 is 0 Å². The lowest BCUT2D eigenvalue weighted by atomic mass is 9.35. The SMILES string of the molecule is C=C.CCc1ccc(B(c2ccc(-c3ccc(C)cc3)cc2)c2ccc(C)cc2C)c(C)c1.Cc1cc(C)c(C)c(N)c1.Cc1ccc(B(c2ccc(Sc3ccccc3)cc2)c2ccc(C)cc2C)cc1.Cc1ccc(C)cc1. The van der Waals surface area contributed by atoms with E-state index in [-0.39, 0.29) is 13.4 Å². The molecule has 1 nitrogen and oxygen atoms in total. The fourth-order valence-electron chi connectivity index (χ4n) is 10.1. The topological polar surface area (TPSA) is 26.0 Å². The van der Waals surface area contributed by atoms with Crippen LogP contribution in [0.2, 0.25) is 0 Å². The van der Waals surface area contributed by atoms with Crippen LogP contribution in [0.1, 0.15) is 79.2 Å². The summed E-state index contributed by atoms with van der Waals surface area (Å²) in [5.74, 6) is 0. The van der Waals surface area contributed by atoms with Crippen LogP contribution in [0.3, 0.4) is 0 Å². The number of nitrogen functional groups attached to an aromatic ring is 1. The highest BCUT2D eigenvalue weighted by Gasteiger charge is 2.26. The Hall–Kier alpha value is -7.78. The second-order valence-corrected chi connectivity index (χ2v) is 22.6. The van der Waals surface area contributed by atoms with Crippen molar-refractivity contribution in [1.29, 1.82) is 0 Å². The lowest BCUT2D eigenvalue weighted by Gasteiger charge is -2.21. The fraction of sp³-hybridized carbons (Fsp3) is 0.184. The van der Waals surface area contributed by atoms with Crippen LogP contribution in [0, 0.1) is 83.1 Å². The van der Waals surface area contributed by atoms with Gasteiger partial charge in [0.15, 0.2) is 0 Å².